The molecule has 32 heavy (non-hydrogen) atoms. The molecule has 1 saturated heterocycles. The summed E-state index contributed by atoms with van der Waals surface area (Å²) >= 11 is 0. The average Bonchev–Trinajstić information content (AvgIpc) is 2.99. The van der Waals surface area contributed by atoms with Crippen molar-refractivity contribution in [3.63, 3.8) is 0 Å². The van der Waals surface area contributed by atoms with E-state index in [9.17, 15) is 14.7 Å². The molecule has 0 aromatic heterocycles. The number of hydrogen-bond donors (Lipinski definition) is 1. The second kappa shape index (κ2) is 10.0. The van der Waals surface area contributed by atoms with E-state index in [4.69, 9.17) is 4.74 Å². The number of nitrogens with zero attached hydrogens (tertiary/aromatic N) is 2. The molecule has 6 nitrogen and oxygen atoms in total. The summed E-state index contributed by atoms with van der Waals surface area (Å²) in [6.07, 6.45) is 0.759. The number of rotatable bonds is 8. The van der Waals surface area contributed by atoms with E-state index >= 15 is 0 Å². The van der Waals surface area contributed by atoms with Crippen LogP contribution in [0.2, 0.25) is 0 Å². The first-order valence-corrected chi connectivity index (χ1v) is 11.0. The third-order valence-electron chi connectivity index (χ3n) is 5.44. The Labute approximate surface area is 190 Å². The molecule has 1 aliphatic rings. The van der Waals surface area contributed by atoms with Gasteiger partial charge in [-0.15, -0.1) is 0 Å². The lowest BCUT2D eigenvalue weighted by molar-refractivity contribution is -0.139. The number of benzene rings is 2. The van der Waals surface area contributed by atoms with Crippen LogP contribution in [0.25, 0.3) is 5.76 Å². The van der Waals surface area contributed by atoms with Gasteiger partial charge in [-0.05, 0) is 65.5 Å². The van der Waals surface area contributed by atoms with Gasteiger partial charge in [0.05, 0.1) is 17.7 Å². The van der Waals surface area contributed by atoms with Gasteiger partial charge in [0.1, 0.15) is 11.5 Å². The molecule has 2 aromatic rings. The number of likely N-dealkylation sites (tertiary alicyclic amines) is 1. The topological polar surface area (TPSA) is 70.1 Å². The van der Waals surface area contributed by atoms with E-state index in [1.807, 2.05) is 76.2 Å². The van der Waals surface area contributed by atoms with E-state index in [2.05, 4.69) is 0 Å². The normalized spacial score (nSPS) is 18.1. The number of hydrogen-bond acceptors (Lipinski definition) is 5. The summed E-state index contributed by atoms with van der Waals surface area (Å²) < 4.78 is 5.73. The lowest BCUT2D eigenvalue weighted by Crippen LogP contribution is -2.32. The van der Waals surface area contributed by atoms with Crippen LogP contribution in [0.1, 0.15) is 43.0 Å². The first-order chi connectivity index (χ1) is 15.2. The molecule has 1 atom stereocenters. The highest BCUT2D eigenvalue weighted by Gasteiger charge is 2.45. The van der Waals surface area contributed by atoms with Crippen molar-refractivity contribution in [2.24, 2.45) is 0 Å². The molecule has 3 rings (SSSR count). The SMILES string of the molecule is Cc1ccc(/C(O)=C2\C(=O)C(=O)N(CCCN(C)C)[C@H]2c2ccc(OC(C)C)cc2)cc1. The van der Waals surface area contributed by atoms with Gasteiger partial charge in [-0.2, -0.15) is 0 Å². The van der Waals surface area contributed by atoms with Crippen LogP contribution in [0.3, 0.4) is 0 Å². The number of carbonyl (C=O) groups is 2. The van der Waals surface area contributed by atoms with Crippen LogP contribution < -0.4 is 4.74 Å². The molecule has 0 saturated carbocycles. The molecule has 1 N–H and O–H groups in total. The molecule has 1 fully saturated rings. The number of ketones is 1. The lowest BCUT2D eigenvalue weighted by atomic mass is 9.95. The maximum atomic E-state index is 13.0. The van der Waals surface area contributed by atoms with Crippen molar-refractivity contribution in [2.75, 3.05) is 27.2 Å². The standard InChI is InChI=1S/C26H32N2O4/c1-17(2)32-21-13-11-19(12-14-21)23-22(24(29)20-9-7-18(3)8-10-20)25(30)26(31)28(23)16-6-15-27(4)5/h7-14,17,23,29H,6,15-16H2,1-5H3/b24-22+/t23-/m0/s1. The number of ether oxygens (including phenoxy) is 1. The monoisotopic (exact) mass is 436 g/mol. The van der Waals surface area contributed by atoms with E-state index in [0.717, 1.165) is 24.1 Å². The molecule has 0 radical (unpaired) electrons. The Balaban J connectivity index is 2.05. The van der Waals surface area contributed by atoms with E-state index in [-0.39, 0.29) is 17.4 Å². The van der Waals surface area contributed by atoms with E-state index in [1.165, 1.54) is 0 Å². The Morgan fingerprint density at radius 2 is 1.69 bits per heavy atom. The second-order valence-corrected chi connectivity index (χ2v) is 8.75. The van der Waals surface area contributed by atoms with Crippen LogP contribution in [-0.4, -0.2) is 59.9 Å². The molecule has 1 amide bonds. The fourth-order valence-corrected chi connectivity index (χ4v) is 3.88. The summed E-state index contributed by atoms with van der Waals surface area (Å²) in [5, 5.41) is 11.1. The molecular formula is C26H32N2O4. The smallest absolute Gasteiger partial charge is 0.295 e. The Bertz CT molecular complexity index is 991. The Morgan fingerprint density at radius 1 is 1.06 bits per heavy atom. The Morgan fingerprint density at radius 3 is 2.25 bits per heavy atom. The lowest BCUT2D eigenvalue weighted by Gasteiger charge is -2.26. The average molecular weight is 437 g/mol. The molecule has 2 aromatic carbocycles. The number of amides is 1. The van der Waals surface area contributed by atoms with Gasteiger partial charge in [0.15, 0.2) is 0 Å². The van der Waals surface area contributed by atoms with Crippen molar-refractivity contribution in [2.45, 2.75) is 39.3 Å². The Kier molecular flexibility index (Phi) is 7.36. The zero-order chi connectivity index (χ0) is 23.4. The van der Waals surface area contributed by atoms with E-state index in [1.54, 1.807) is 17.0 Å². The molecule has 0 aliphatic carbocycles. The Hall–Kier alpha value is -3.12. The van der Waals surface area contributed by atoms with Gasteiger partial charge in [0.25, 0.3) is 11.7 Å². The zero-order valence-electron chi connectivity index (χ0n) is 19.5. The fraction of sp³-hybridized carbons (Fsp3) is 0.385. The van der Waals surface area contributed by atoms with Crippen molar-refractivity contribution in [1.82, 2.24) is 9.80 Å². The highest BCUT2D eigenvalue weighted by molar-refractivity contribution is 6.46. The van der Waals surface area contributed by atoms with Crippen molar-refractivity contribution < 1.29 is 19.4 Å². The summed E-state index contributed by atoms with van der Waals surface area (Å²) in [7, 11) is 3.94. The molecule has 1 heterocycles. The summed E-state index contributed by atoms with van der Waals surface area (Å²) in [6, 6.07) is 14.0. The van der Waals surface area contributed by atoms with E-state index in [0.29, 0.717) is 17.9 Å². The highest BCUT2D eigenvalue weighted by Crippen LogP contribution is 2.40. The van der Waals surface area contributed by atoms with Crippen LogP contribution in [-0.2, 0) is 9.59 Å². The number of aliphatic hydroxyl groups excluding tert-OH is 1. The van der Waals surface area contributed by atoms with Crippen molar-refractivity contribution >= 4 is 17.4 Å². The number of aryl methyl sites for hydroxylation is 1. The molecule has 0 spiro atoms. The van der Waals surface area contributed by atoms with Crippen molar-refractivity contribution in [3.8, 4) is 5.75 Å². The molecule has 0 bridgehead atoms. The van der Waals surface area contributed by atoms with Crippen LogP contribution in [0.5, 0.6) is 5.75 Å². The van der Waals surface area contributed by atoms with Crippen molar-refractivity contribution in [3.05, 3.63) is 70.8 Å². The molecule has 1 aliphatic heterocycles. The zero-order valence-corrected chi connectivity index (χ0v) is 19.5. The van der Waals surface area contributed by atoms with Gasteiger partial charge >= 0.3 is 0 Å². The minimum atomic E-state index is -0.652. The minimum Gasteiger partial charge on any atom is -0.507 e. The summed E-state index contributed by atoms with van der Waals surface area (Å²) in [5.74, 6) is -0.664. The first-order valence-electron chi connectivity index (χ1n) is 11.0. The van der Waals surface area contributed by atoms with Crippen LogP contribution in [0, 0.1) is 6.92 Å². The molecular weight excluding hydrogens is 404 g/mol. The highest BCUT2D eigenvalue weighted by atomic mass is 16.5. The van der Waals surface area contributed by atoms with E-state index < -0.39 is 17.7 Å². The number of aliphatic hydroxyl groups is 1. The van der Waals surface area contributed by atoms with Gasteiger partial charge in [-0.3, -0.25) is 9.59 Å². The van der Waals surface area contributed by atoms with Crippen LogP contribution in [0.15, 0.2) is 54.1 Å². The summed E-state index contributed by atoms with van der Waals surface area (Å²) in [4.78, 5) is 29.6. The quantitative estimate of drug-likeness (QED) is 0.382. The maximum absolute atomic E-state index is 13.0. The molecule has 0 unspecified atom stereocenters. The third-order valence-corrected chi connectivity index (χ3v) is 5.44. The molecule has 6 heteroatoms. The third kappa shape index (κ3) is 5.19. The van der Waals surface area contributed by atoms with Crippen LogP contribution in [0.4, 0.5) is 0 Å². The summed E-state index contributed by atoms with van der Waals surface area (Å²) in [6.45, 7) is 7.07. The maximum Gasteiger partial charge on any atom is 0.295 e. The number of carbonyl (C=O) groups excluding carboxylic acids is 2. The second-order valence-electron chi connectivity index (χ2n) is 8.75. The largest absolute Gasteiger partial charge is 0.507 e. The van der Waals surface area contributed by atoms with Gasteiger partial charge in [-0.25, -0.2) is 0 Å². The number of Topliss-reactive ketones (excluding diaryl/α,β-unsaturated/α-hetero) is 1. The first kappa shape index (κ1) is 23.5. The van der Waals surface area contributed by atoms with Gasteiger partial charge in [0, 0.05) is 12.1 Å². The molecule has 170 valence electrons. The van der Waals surface area contributed by atoms with Crippen molar-refractivity contribution in [1.29, 1.82) is 0 Å². The van der Waals surface area contributed by atoms with Crippen LogP contribution >= 0.6 is 0 Å². The fourth-order valence-electron chi connectivity index (χ4n) is 3.88. The van der Waals surface area contributed by atoms with Gasteiger partial charge in [0.2, 0.25) is 0 Å². The predicted molar refractivity (Wildman–Crippen MR) is 126 cm³/mol. The van der Waals surface area contributed by atoms with Gasteiger partial charge in [-0.1, -0.05) is 42.0 Å². The summed E-state index contributed by atoms with van der Waals surface area (Å²) in [5.41, 5.74) is 2.45. The minimum absolute atomic E-state index is 0.0408. The predicted octanol–water partition coefficient (Wildman–Crippen LogP) is 4.16. The van der Waals surface area contributed by atoms with Gasteiger partial charge < -0.3 is 19.6 Å².